The molecule has 2 aromatic rings. The minimum atomic E-state index is -0.391. The molecule has 0 radical (unpaired) electrons. The summed E-state index contributed by atoms with van der Waals surface area (Å²) in [5.41, 5.74) is 3.72. The van der Waals surface area contributed by atoms with Gasteiger partial charge in [-0.3, -0.25) is 9.89 Å². The number of aromatic amines is 1. The van der Waals surface area contributed by atoms with Crippen molar-refractivity contribution in [3.63, 3.8) is 0 Å². The summed E-state index contributed by atoms with van der Waals surface area (Å²) >= 11 is 0. The van der Waals surface area contributed by atoms with E-state index in [1.807, 2.05) is 38.1 Å². The molecule has 0 aliphatic carbocycles. The van der Waals surface area contributed by atoms with Gasteiger partial charge >= 0.3 is 0 Å². The lowest BCUT2D eigenvalue weighted by atomic mass is 9.75. The second kappa shape index (κ2) is 6.65. The van der Waals surface area contributed by atoms with Gasteiger partial charge in [-0.1, -0.05) is 12.1 Å². The summed E-state index contributed by atoms with van der Waals surface area (Å²) in [6, 6.07) is 7.92. The highest BCUT2D eigenvalue weighted by molar-refractivity contribution is 5.84. The zero-order valence-electron chi connectivity index (χ0n) is 14.4. The van der Waals surface area contributed by atoms with Gasteiger partial charge in [-0.05, 0) is 38.0 Å². The molecule has 0 saturated carbocycles. The number of aromatic nitrogens is 2. The minimum absolute atomic E-state index is 0.0871. The summed E-state index contributed by atoms with van der Waals surface area (Å²) < 4.78 is 5.28. The summed E-state index contributed by atoms with van der Waals surface area (Å²) in [4.78, 5) is 12.8. The summed E-state index contributed by atoms with van der Waals surface area (Å²) in [6.45, 7) is 5.81. The summed E-state index contributed by atoms with van der Waals surface area (Å²) in [5, 5.41) is 13.5. The Morgan fingerprint density at radius 2 is 2.17 bits per heavy atom. The van der Waals surface area contributed by atoms with Gasteiger partial charge in [0.15, 0.2) is 0 Å². The van der Waals surface area contributed by atoms with E-state index in [2.05, 4.69) is 20.8 Å². The molecule has 0 unspecified atom stereocenters. The lowest BCUT2D eigenvalue weighted by Crippen LogP contribution is -2.62. The SMILES string of the molecule is COc1cccc(CC2(C(=O)NCc3c(C)n[nH]c3C)CNC2)c1. The summed E-state index contributed by atoms with van der Waals surface area (Å²) in [7, 11) is 1.65. The van der Waals surface area contributed by atoms with Crippen molar-refractivity contribution < 1.29 is 9.53 Å². The first kappa shape index (κ1) is 16.5. The van der Waals surface area contributed by atoms with Gasteiger partial charge in [0.2, 0.25) is 5.91 Å². The normalized spacial score (nSPS) is 15.6. The van der Waals surface area contributed by atoms with Crippen molar-refractivity contribution in [3.05, 3.63) is 46.8 Å². The Bertz CT molecular complexity index is 715. The zero-order chi connectivity index (χ0) is 17.2. The lowest BCUT2D eigenvalue weighted by Gasteiger charge is -2.41. The van der Waals surface area contributed by atoms with Crippen molar-refractivity contribution in [1.82, 2.24) is 20.8 Å². The van der Waals surface area contributed by atoms with Gasteiger partial charge < -0.3 is 15.4 Å². The molecule has 1 aliphatic heterocycles. The first-order valence-electron chi connectivity index (χ1n) is 8.16. The summed E-state index contributed by atoms with van der Waals surface area (Å²) in [5.74, 6) is 0.907. The van der Waals surface area contributed by atoms with Crippen LogP contribution in [0.1, 0.15) is 22.5 Å². The highest BCUT2D eigenvalue weighted by atomic mass is 16.5. The van der Waals surface area contributed by atoms with Crippen LogP contribution in [0.3, 0.4) is 0 Å². The maximum absolute atomic E-state index is 12.8. The smallest absolute Gasteiger partial charge is 0.229 e. The zero-order valence-corrected chi connectivity index (χ0v) is 14.4. The van der Waals surface area contributed by atoms with Crippen molar-refractivity contribution in [3.8, 4) is 5.75 Å². The number of amides is 1. The van der Waals surface area contributed by atoms with Crippen LogP contribution in [0.15, 0.2) is 24.3 Å². The molecule has 1 aromatic carbocycles. The number of nitrogens with zero attached hydrogens (tertiary/aromatic N) is 1. The number of H-pyrrole nitrogens is 1. The predicted octanol–water partition coefficient (Wildman–Crippen LogP) is 1.48. The van der Waals surface area contributed by atoms with E-state index in [4.69, 9.17) is 4.74 Å². The van der Waals surface area contributed by atoms with Crippen LogP contribution in [-0.4, -0.2) is 36.3 Å². The predicted molar refractivity (Wildman–Crippen MR) is 91.9 cm³/mol. The number of ether oxygens (including phenoxy) is 1. The van der Waals surface area contributed by atoms with Crippen LogP contribution in [0.4, 0.5) is 0 Å². The molecule has 3 N–H and O–H groups in total. The van der Waals surface area contributed by atoms with Gasteiger partial charge in [0, 0.05) is 30.9 Å². The maximum atomic E-state index is 12.8. The molecule has 1 saturated heterocycles. The average molecular weight is 328 g/mol. The fraction of sp³-hybridized carbons (Fsp3) is 0.444. The van der Waals surface area contributed by atoms with E-state index in [-0.39, 0.29) is 5.91 Å². The number of nitrogens with one attached hydrogen (secondary N) is 3. The Hall–Kier alpha value is -2.34. The molecule has 0 bridgehead atoms. The molecule has 3 rings (SSSR count). The van der Waals surface area contributed by atoms with E-state index >= 15 is 0 Å². The van der Waals surface area contributed by atoms with Crippen LogP contribution >= 0.6 is 0 Å². The number of rotatable bonds is 6. The van der Waals surface area contributed by atoms with E-state index < -0.39 is 5.41 Å². The molecule has 1 fully saturated rings. The molecule has 1 aliphatic rings. The largest absolute Gasteiger partial charge is 0.497 e. The van der Waals surface area contributed by atoms with Gasteiger partial charge in [-0.25, -0.2) is 0 Å². The van der Waals surface area contributed by atoms with Crippen molar-refractivity contribution in [2.75, 3.05) is 20.2 Å². The van der Waals surface area contributed by atoms with Gasteiger partial charge in [-0.15, -0.1) is 0 Å². The Kier molecular flexibility index (Phi) is 4.57. The number of carbonyl (C=O) groups is 1. The quantitative estimate of drug-likeness (QED) is 0.750. The van der Waals surface area contributed by atoms with Gasteiger partial charge in [0.05, 0.1) is 18.2 Å². The first-order chi connectivity index (χ1) is 11.5. The molecule has 0 spiro atoms. The number of methoxy groups -OCH3 is 1. The maximum Gasteiger partial charge on any atom is 0.229 e. The van der Waals surface area contributed by atoms with Crippen LogP contribution in [0.2, 0.25) is 0 Å². The third kappa shape index (κ3) is 3.14. The van der Waals surface area contributed by atoms with Crippen molar-refractivity contribution in [1.29, 1.82) is 0 Å². The van der Waals surface area contributed by atoms with E-state index in [0.29, 0.717) is 26.1 Å². The third-order valence-electron chi connectivity index (χ3n) is 4.79. The monoisotopic (exact) mass is 328 g/mol. The van der Waals surface area contributed by atoms with Crippen LogP contribution < -0.4 is 15.4 Å². The average Bonchev–Trinajstić information content (AvgIpc) is 2.87. The van der Waals surface area contributed by atoms with E-state index in [1.54, 1.807) is 7.11 Å². The van der Waals surface area contributed by atoms with Crippen LogP contribution in [0.25, 0.3) is 0 Å². The van der Waals surface area contributed by atoms with E-state index in [9.17, 15) is 4.79 Å². The minimum Gasteiger partial charge on any atom is -0.497 e. The number of hydrogen-bond donors (Lipinski definition) is 3. The molecule has 24 heavy (non-hydrogen) atoms. The number of benzene rings is 1. The highest BCUT2D eigenvalue weighted by Gasteiger charge is 2.44. The number of aryl methyl sites for hydroxylation is 2. The molecular weight excluding hydrogens is 304 g/mol. The van der Waals surface area contributed by atoms with Gasteiger partial charge in [0.25, 0.3) is 0 Å². The van der Waals surface area contributed by atoms with E-state index in [1.165, 1.54) is 0 Å². The molecule has 1 aromatic heterocycles. The fourth-order valence-corrected chi connectivity index (χ4v) is 3.16. The Morgan fingerprint density at radius 3 is 2.75 bits per heavy atom. The number of hydrogen-bond acceptors (Lipinski definition) is 4. The molecule has 2 heterocycles. The molecule has 128 valence electrons. The highest BCUT2D eigenvalue weighted by Crippen LogP contribution is 2.29. The van der Waals surface area contributed by atoms with Crippen molar-refractivity contribution >= 4 is 5.91 Å². The van der Waals surface area contributed by atoms with Gasteiger partial charge in [0.1, 0.15) is 5.75 Å². The second-order valence-corrected chi connectivity index (χ2v) is 6.51. The molecule has 6 heteroatoms. The summed E-state index contributed by atoms with van der Waals surface area (Å²) in [6.07, 6.45) is 0.701. The first-order valence-corrected chi connectivity index (χ1v) is 8.16. The topological polar surface area (TPSA) is 79.0 Å². The standard InChI is InChI=1S/C18H24N4O2/c1-12-16(13(2)22-21-12)9-20-17(23)18(10-19-11-18)8-14-5-4-6-15(7-14)24-3/h4-7,19H,8-11H2,1-3H3,(H,20,23)(H,21,22). The molecule has 0 atom stereocenters. The number of carbonyl (C=O) groups excluding carboxylic acids is 1. The van der Waals surface area contributed by atoms with Crippen molar-refractivity contribution in [2.45, 2.75) is 26.8 Å². The molecular formula is C18H24N4O2. The van der Waals surface area contributed by atoms with Crippen LogP contribution in [0.5, 0.6) is 5.75 Å². The fourth-order valence-electron chi connectivity index (χ4n) is 3.16. The van der Waals surface area contributed by atoms with Gasteiger partial charge in [-0.2, -0.15) is 5.10 Å². The molecule has 1 amide bonds. The third-order valence-corrected chi connectivity index (χ3v) is 4.79. The Labute approximate surface area is 142 Å². The van der Waals surface area contributed by atoms with Crippen LogP contribution in [-0.2, 0) is 17.8 Å². The second-order valence-electron chi connectivity index (χ2n) is 6.51. The molecule has 6 nitrogen and oxygen atoms in total. The lowest BCUT2D eigenvalue weighted by molar-refractivity contribution is -0.134. The van der Waals surface area contributed by atoms with Crippen LogP contribution in [0, 0.1) is 19.3 Å². The van der Waals surface area contributed by atoms with Crippen molar-refractivity contribution in [2.24, 2.45) is 5.41 Å². The Morgan fingerprint density at radius 1 is 1.38 bits per heavy atom. The Balaban J connectivity index is 1.69. The van der Waals surface area contributed by atoms with E-state index in [0.717, 1.165) is 28.3 Å².